The van der Waals surface area contributed by atoms with Gasteiger partial charge in [0.05, 0.1) is 34.2 Å². The Hall–Kier alpha value is -5.10. The summed E-state index contributed by atoms with van der Waals surface area (Å²) >= 11 is 0. The summed E-state index contributed by atoms with van der Waals surface area (Å²) in [4.78, 5) is 27.6. The maximum absolute atomic E-state index is 4.67. The molecule has 6 nitrogen and oxygen atoms in total. The molecule has 0 aliphatic rings. The Kier molecular flexibility index (Phi) is 8.64. The van der Waals surface area contributed by atoms with Crippen LogP contribution in [0.4, 0.5) is 0 Å². The molecule has 6 aromatic rings. The van der Waals surface area contributed by atoms with Crippen LogP contribution in [0.5, 0.6) is 0 Å². The van der Waals surface area contributed by atoms with Gasteiger partial charge < -0.3 is 0 Å². The average molecular weight is 563 g/mol. The molecule has 6 aromatic heterocycles. The van der Waals surface area contributed by atoms with Crippen LogP contribution in [0.2, 0.25) is 0 Å². The summed E-state index contributed by atoms with van der Waals surface area (Å²) in [5.74, 6) is 0. The molecular formula is C37H34N6. The SMILES string of the molecule is Cc1ccc(-c2ccc(-c3ccc(CCCCCc4ccc(-c5ccc(-c6ccc(C)cn6)cn5)nc4)cn3)nc2)nc1. The van der Waals surface area contributed by atoms with Crippen molar-refractivity contribution >= 4 is 0 Å². The first kappa shape index (κ1) is 28.0. The lowest BCUT2D eigenvalue weighted by molar-refractivity contribution is 0.676. The molecule has 212 valence electrons. The minimum Gasteiger partial charge on any atom is -0.256 e. The lowest BCUT2D eigenvalue weighted by Crippen LogP contribution is -1.93. The number of pyridine rings is 6. The number of rotatable bonds is 10. The highest BCUT2D eigenvalue weighted by Crippen LogP contribution is 2.22. The molecule has 0 bridgehead atoms. The smallest absolute Gasteiger partial charge is 0.0886 e. The van der Waals surface area contributed by atoms with E-state index in [1.54, 1.807) is 0 Å². The second-order valence-corrected chi connectivity index (χ2v) is 11.0. The first-order valence-corrected chi connectivity index (χ1v) is 14.8. The van der Waals surface area contributed by atoms with Gasteiger partial charge in [-0.25, -0.2) is 0 Å². The average Bonchev–Trinajstić information content (AvgIpc) is 3.06. The molecule has 0 saturated heterocycles. The van der Waals surface area contributed by atoms with Crippen molar-refractivity contribution in [3.8, 4) is 45.3 Å². The first-order chi connectivity index (χ1) is 21.1. The lowest BCUT2D eigenvalue weighted by Gasteiger charge is -2.06. The highest BCUT2D eigenvalue weighted by Gasteiger charge is 2.06. The van der Waals surface area contributed by atoms with Gasteiger partial charge in [0.2, 0.25) is 0 Å². The lowest BCUT2D eigenvalue weighted by atomic mass is 10.0. The monoisotopic (exact) mass is 562 g/mol. The topological polar surface area (TPSA) is 77.3 Å². The largest absolute Gasteiger partial charge is 0.256 e. The summed E-state index contributed by atoms with van der Waals surface area (Å²) in [5, 5.41) is 0. The molecule has 6 heteroatoms. The van der Waals surface area contributed by atoms with Crippen molar-refractivity contribution in [3.05, 3.63) is 132 Å². The summed E-state index contributed by atoms with van der Waals surface area (Å²) in [6.07, 6.45) is 16.9. The van der Waals surface area contributed by atoms with E-state index in [2.05, 4.69) is 78.4 Å². The van der Waals surface area contributed by atoms with Crippen molar-refractivity contribution in [3.63, 3.8) is 0 Å². The van der Waals surface area contributed by atoms with Gasteiger partial charge in [-0.2, -0.15) is 0 Å². The summed E-state index contributed by atoms with van der Waals surface area (Å²) < 4.78 is 0. The number of hydrogen-bond donors (Lipinski definition) is 0. The summed E-state index contributed by atoms with van der Waals surface area (Å²) in [7, 11) is 0. The van der Waals surface area contributed by atoms with E-state index in [-0.39, 0.29) is 0 Å². The van der Waals surface area contributed by atoms with Crippen LogP contribution in [0.15, 0.2) is 110 Å². The van der Waals surface area contributed by atoms with Crippen LogP contribution in [0, 0.1) is 13.8 Å². The minimum absolute atomic E-state index is 0.870. The van der Waals surface area contributed by atoms with Crippen molar-refractivity contribution in [1.82, 2.24) is 29.9 Å². The second kappa shape index (κ2) is 13.3. The molecule has 0 amide bonds. The van der Waals surface area contributed by atoms with Gasteiger partial charge in [-0.15, -0.1) is 0 Å². The fourth-order valence-electron chi connectivity index (χ4n) is 4.95. The summed E-state index contributed by atoms with van der Waals surface area (Å²) in [5.41, 5.74) is 12.2. The molecule has 0 N–H and O–H groups in total. The molecule has 0 aliphatic heterocycles. The molecular weight excluding hydrogens is 528 g/mol. The van der Waals surface area contributed by atoms with Crippen molar-refractivity contribution in [2.45, 2.75) is 46.0 Å². The normalized spacial score (nSPS) is 11.0. The second-order valence-electron chi connectivity index (χ2n) is 11.0. The van der Waals surface area contributed by atoms with E-state index in [9.17, 15) is 0 Å². The first-order valence-electron chi connectivity index (χ1n) is 14.8. The van der Waals surface area contributed by atoms with Gasteiger partial charge in [0.25, 0.3) is 0 Å². The van der Waals surface area contributed by atoms with Crippen molar-refractivity contribution < 1.29 is 0 Å². The molecule has 0 spiro atoms. The van der Waals surface area contributed by atoms with E-state index in [0.717, 1.165) is 88.5 Å². The van der Waals surface area contributed by atoms with Crippen molar-refractivity contribution in [2.24, 2.45) is 0 Å². The number of aryl methyl sites for hydroxylation is 4. The van der Waals surface area contributed by atoms with E-state index in [4.69, 9.17) is 0 Å². The maximum Gasteiger partial charge on any atom is 0.0886 e. The van der Waals surface area contributed by atoms with Crippen LogP contribution in [0.1, 0.15) is 41.5 Å². The molecule has 0 atom stereocenters. The standard InChI is InChI=1S/C37H34N6/c1-26-8-14-32(38-20-26)30-12-18-36(42-24-30)34-16-10-28(22-40-34)6-4-3-5-7-29-11-17-35(41-23-29)37-19-13-31(25-43-37)33-15-9-27(2)21-39-33/h8-25H,3-7H2,1-2H3. The maximum atomic E-state index is 4.67. The Labute approximate surface area is 253 Å². The fourth-order valence-corrected chi connectivity index (χ4v) is 4.95. The summed E-state index contributed by atoms with van der Waals surface area (Å²) in [6, 6.07) is 24.8. The van der Waals surface area contributed by atoms with E-state index >= 15 is 0 Å². The predicted octanol–water partition coefficient (Wildman–Crippen LogP) is 8.30. The number of nitrogens with zero attached hydrogens (tertiary/aromatic N) is 6. The van der Waals surface area contributed by atoms with Gasteiger partial charge in [-0.05, 0) is 110 Å². The Balaban J connectivity index is 0.943. The van der Waals surface area contributed by atoms with Crippen LogP contribution < -0.4 is 0 Å². The van der Waals surface area contributed by atoms with Crippen LogP contribution in [-0.2, 0) is 12.8 Å². The Morgan fingerprint density at radius 1 is 0.349 bits per heavy atom. The molecule has 0 aromatic carbocycles. The third-order valence-electron chi connectivity index (χ3n) is 7.55. The van der Waals surface area contributed by atoms with E-state index < -0.39 is 0 Å². The van der Waals surface area contributed by atoms with Gasteiger partial charge >= 0.3 is 0 Å². The van der Waals surface area contributed by atoms with E-state index in [1.807, 2.05) is 75.3 Å². The Bertz CT molecular complexity index is 1610. The van der Waals surface area contributed by atoms with Gasteiger partial charge in [-0.1, -0.05) is 30.7 Å². The van der Waals surface area contributed by atoms with Crippen molar-refractivity contribution in [1.29, 1.82) is 0 Å². The molecule has 0 unspecified atom stereocenters. The third kappa shape index (κ3) is 7.22. The molecule has 0 fully saturated rings. The van der Waals surface area contributed by atoms with Gasteiger partial charge in [0.1, 0.15) is 0 Å². The van der Waals surface area contributed by atoms with Crippen LogP contribution in [0.25, 0.3) is 45.3 Å². The molecule has 0 saturated carbocycles. The molecule has 6 heterocycles. The molecule has 6 rings (SSSR count). The Morgan fingerprint density at radius 2 is 0.721 bits per heavy atom. The quantitative estimate of drug-likeness (QED) is 0.156. The van der Waals surface area contributed by atoms with Crippen LogP contribution >= 0.6 is 0 Å². The highest BCUT2D eigenvalue weighted by atomic mass is 14.8. The zero-order chi connectivity index (χ0) is 29.4. The number of hydrogen-bond acceptors (Lipinski definition) is 6. The van der Waals surface area contributed by atoms with E-state index in [1.165, 1.54) is 11.1 Å². The zero-order valence-electron chi connectivity index (χ0n) is 24.6. The highest BCUT2D eigenvalue weighted by molar-refractivity contribution is 5.63. The summed E-state index contributed by atoms with van der Waals surface area (Å²) in [6.45, 7) is 4.07. The van der Waals surface area contributed by atoms with E-state index in [0.29, 0.717) is 0 Å². The number of unbranched alkanes of at least 4 members (excludes halogenated alkanes) is 2. The van der Waals surface area contributed by atoms with Crippen LogP contribution in [-0.4, -0.2) is 29.9 Å². The zero-order valence-corrected chi connectivity index (χ0v) is 24.6. The van der Waals surface area contributed by atoms with Crippen molar-refractivity contribution in [2.75, 3.05) is 0 Å². The fraction of sp³-hybridized carbons (Fsp3) is 0.189. The molecule has 0 radical (unpaired) electrons. The Morgan fingerprint density at radius 3 is 1.05 bits per heavy atom. The predicted molar refractivity (Wildman–Crippen MR) is 172 cm³/mol. The number of aromatic nitrogens is 6. The van der Waals surface area contributed by atoms with Crippen LogP contribution in [0.3, 0.4) is 0 Å². The minimum atomic E-state index is 0.870. The molecule has 0 aliphatic carbocycles. The van der Waals surface area contributed by atoms with Gasteiger partial charge in [0, 0.05) is 48.3 Å². The van der Waals surface area contributed by atoms with Gasteiger partial charge in [-0.3, -0.25) is 29.9 Å². The third-order valence-corrected chi connectivity index (χ3v) is 7.55. The van der Waals surface area contributed by atoms with Gasteiger partial charge in [0.15, 0.2) is 0 Å². The molecule has 43 heavy (non-hydrogen) atoms.